The predicted molar refractivity (Wildman–Crippen MR) is 34.1 cm³/mol. The van der Waals surface area contributed by atoms with E-state index in [1.807, 2.05) is 0 Å². The molecule has 0 heterocycles. The minimum Gasteiger partial charge on any atom is -0.395 e. The number of carbonyl (C=O) groups excluding carboxylic acids is 2. The third kappa shape index (κ3) is 1.56. The molecule has 1 rings (SSSR count). The van der Waals surface area contributed by atoms with E-state index >= 15 is 0 Å². The lowest BCUT2D eigenvalue weighted by Gasteiger charge is -2.02. The number of hydrogen-bond acceptors (Lipinski definition) is 3. The molecule has 0 aromatic rings. The highest BCUT2D eigenvalue weighted by molar-refractivity contribution is 5.78. The standard InChI is InChI=1S/C7H10O3/c8-5-10-7(9)6-3-1-2-4-6/h5-6H,1-4H2. The first kappa shape index (κ1) is 7.25. The number of carbonyl (C=O) groups is 2. The highest BCUT2D eigenvalue weighted by Gasteiger charge is 2.23. The highest BCUT2D eigenvalue weighted by Crippen LogP contribution is 2.25. The van der Waals surface area contributed by atoms with Gasteiger partial charge in [0.1, 0.15) is 0 Å². The summed E-state index contributed by atoms with van der Waals surface area (Å²) in [5.41, 5.74) is 0. The van der Waals surface area contributed by atoms with Gasteiger partial charge < -0.3 is 4.74 Å². The quantitative estimate of drug-likeness (QED) is 0.326. The van der Waals surface area contributed by atoms with Crippen LogP contribution in [0.5, 0.6) is 0 Å². The first-order chi connectivity index (χ1) is 4.84. The molecule has 0 amide bonds. The van der Waals surface area contributed by atoms with E-state index in [9.17, 15) is 9.59 Å². The summed E-state index contributed by atoms with van der Waals surface area (Å²) in [5, 5.41) is 0. The highest BCUT2D eigenvalue weighted by atomic mass is 16.6. The topological polar surface area (TPSA) is 43.4 Å². The molecule has 3 nitrogen and oxygen atoms in total. The van der Waals surface area contributed by atoms with E-state index < -0.39 is 0 Å². The fraction of sp³-hybridized carbons (Fsp3) is 0.714. The van der Waals surface area contributed by atoms with Gasteiger partial charge >= 0.3 is 12.4 Å². The fourth-order valence-corrected chi connectivity index (χ4v) is 1.31. The van der Waals surface area contributed by atoms with Crippen molar-refractivity contribution in [3.63, 3.8) is 0 Å². The molecule has 1 aliphatic rings. The summed E-state index contributed by atoms with van der Waals surface area (Å²) in [6.07, 6.45) is 3.93. The van der Waals surface area contributed by atoms with Gasteiger partial charge in [-0.15, -0.1) is 0 Å². The smallest absolute Gasteiger partial charge is 0.316 e. The van der Waals surface area contributed by atoms with Crippen LogP contribution in [-0.2, 0) is 14.3 Å². The molecule has 0 aromatic heterocycles. The van der Waals surface area contributed by atoms with E-state index in [0.717, 1.165) is 25.7 Å². The lowest BCUT2D eigenvalue weighted by molar-refractivity contribution is -0.154. The van der Waals surface area contributed by atoms with Crippen LogP contribution in [0, 0.1) is 5.92 Å². The predicted octanol–water partition coefficient (Wildman–Crippen LogP) is 0.876. The zero-order valence-corrected chi connectivity index (χ0v) is 5.71. The average Bonchev–Trinajstić information content (AvgIpc) is 2.38. The minimum atomic E-state index is -0.354. The van der Waals surface area contributed by atoms with Crippen molar-refractivity contribution < 1.29 is 14.3 Å². The Bertz CT molecular complexity index is 136. The van der Waals surface area contributed by atoms with Gasteiger partial charge in [-0.3, -0.25) is 9.59 Å². The zero-order valence-electron chi connectivity index (χ0n) is 5.71. The van der Waals surface area contributed by atoms with Crippen molar-refractivity contribution in [2.24, 2.45) is 5.92 Å². The monoisotopic (exact) mass is 142 g/mol. The largest absolute Gasteiger partial charge is 0.395 e. The van der Waals surface area contributed by atoms with E-state index in [2.05, 4.69) is 4.74 Å². The van der Waals surface area contributed by atoms with Crippen LogP contribution in [0.15, 0.2) is 0 Å². The van der Waals surface area contributed by atoms with Gasteiger partial charge in [0.2, 0.25) is 0 Å². The summed E-state index contributed by atoms with van der Waals surface area (Å²) in [5.74, 6) is -0.363. The Morgan fingerprint density at radius 1 is 1.40 bits per heavy atom. The Balaban J connectivity index is 2.32. The normalized spacial score (nSPS) is 18.8. The maximum atomic E-state index is 10.8. The second-order valence-electron chi connectivity index (χ2n) is 2.51. The summed E-state index contributed by atoms with van der Waals surface area (Å²) in [4.78, 5) is 20.5. The molecule has 0 unspecified atom stereocenters. The van der Waals surface area contributed by atoms with Crippen molar-refractivity contribution in [3.8, 4) is 0 Å². The lowest BCUT2D eigenvalue weighted by atomic mass is 10.1. The molecule has 0 bridgehead atoms. The Morgan fingerprint density at radius 2 is 2.00 bits per heavy atom. The molecule has 0 atom stereocenters. The van der Waals surface area contributed by atoms with Crippen LogP contribution in [0.25, 0.3) is 0 Å². The van der Waals surface area contributed by atoms with E-state index in [4.69, 9.17) is 0 Å². The van der Waals surface area contributed by atoms with Crippen LogP contribution in [0.3, 0.4) is 0 Å². The van der Waals surface area contributed by atoms with Crippen LogP contribution in [-0.4, -0.2) is 12.4 Å². The van der Waals surface area contributed by atoms with E-state index in [1.54, 1.807) is 0 Å². The van der Waals surface area contributed by atoms with E-state index in [0.29, 0.717) is 0 Å². The Kier molecular flexibility index (Phi) is 2.42. The second-order valence-corrected chi connectivity index (χ2v) is 2.51. The molecule has 1 saturated carbocycles. The van der Waals surface area contributed by atoms with Crippen LogP contribution in [0.1, 0.15) is 25.7 Å². The molecule has 0 N–H and O–H groups in total. The fourth-order valence-electron chi connectivity index (χ4n) is 1.31. The van der Waals surface area contributed by atoms with Gasteiger partial charge in [0, 0.05) is 0 Å². The second kappa shape index (κ2) is 3.34. The molecule has 1 fully saturated rings. The Labute approximate surface area is 59.4 Å². The summed E-state index contributed by atoms with van der Waals surface area (Å²) < 4.78 is 4.21. The third-order valence-corrected chi connectivity index (χ3v) is 1.85. The third-order valence-electron chi connectivity index (χ3n) is 1.85. The van der Waals surface area contributed by atoms with Crippen molar-refractivity contribution >= 4 is 12.4 Å². The van der Waals surface area contributed by atoms with Gasteiger partial charge in [0.05, 0.1) is 5.92 Å². The summed E-state index contributed by atoms with van der Waals surface area (Å²) in [6, 6.07) is 0. The number of esters is 1. The van der Waals surface area contributed by atoms with Gasteiger partial charge in [-0.25, -0.2) is 0 Å². The molecular formula is C7H10O3. The molecule has 0 spiro atoms. The Hall–Kier alpha value is -0.860. The van der Waals surface area contributed by atoms with Crippen molar-refractivity contribution in [1.29, 1.82) is 0 Å². The molecule has 0 aromatic carbocycles. The van der Waals surface area contributed by atoms with Crippen LogP contribution >= 0.6 is 0 Å². The lowest BCUT2D eigenvalue weighted by Crippen LogP contribution is -2.13. The van der Waals surface area contributed by atoms with Crippen molar-refractivity contribution in [2.45, 2.75) is 25.7 Å². The molecule has 0 aliphatic heterocycles. The average molecular weight is 142 g/mol. The van der Waals surface area contributed by atoms with E-state index in [1.165, 1.54) is 0 Å². The van der Waals surface area contributed by atoms with Crippen molar-refractivity contribution in [1.82, 2.24) is 0 Å². The number of rotatable bonds is 2. The molecule has 0 radical (unpaired) electrons. The van der Waals surface area contributed by atoms with E-state index in [-0.39, 0.29) is 18.4 Å². The summed E-state index contributed by atoms with van der Waals surface area (Å²) in [6.45, 7) is 0.209. The number of ether oxygens (including phenoxy) is 1. The summed E-state index contributed by atoms with van der Waals surface area (Å²) >= 11 is 0. The molecule has 56 valence electrons. The molecule has 3 heteroatoms. The molecule has 0 saturated heterocycles. The maximum absolute atomic E-state index is 10.8. The molecular weight excluding hydrogens is 132 g/mol. The molecule has 1 aliphatic carbocycles. The maximum Gasteiger partial charge on any atom is 0.316 e. The van der Waals surface area contributed by atoms with Crippen molar-refractivity contribution in [2.75, 3.05) is 0 Å². The SMILES string of the molecule is O=COC(=O)C1CCCC1. The van der Waals surface area contributed by atoms with Gasteiger partial charge in [-0.05, 0) is 12.8 Å². The molecule has 10 heavy (non-hydrogen) atoms. The first-order valence-electron chi connectivity index (χ1n) is 3.48. The summed E-state index contributed by atoms with van der Waals surface area (Å²) in [7, 11) is 0. The van der Waals surface area contributed by atoms with Crippen molar-refractivity contribution in [3.05, 3.63) is 0 Å². The Morgan fingerprint density at radius 3 is 2.50 bits per heavy atom. The van der Waals surface area contributed by atoms with Gasteiger partial charge in [-0.2, -0.15) is 0 Å². The van der Waals surface area contributed by atoms with Crippen LogP contribution < -0.4 is 0 Å². The van der Waals surface area contributed by atoms with Gasteiger partial charge in [0.25, 0.3) is 0 Å². The zero-order chi connectivity index (χ0) is 7.40. The van der Waals surface area contributed by atoms with Crippen LogP contribution in [0.2, 0.25) is 0 Å². The number of hydrogen-bond donors (Lipinski definition) is 0. The first-order valence-corrected chi connectivity index (χ1v) is 3.48. The van der Waals surface area contributed by atoms with Crippen LogP contribution in [0.4, 0.5) is 0 Å². The van der Waals surface area contributed by atoms with Gasteiger partial charge in [-0.1, -0.05) is 12.8 Å². The van der Waals surface area contributed by atoms with Gasteiger partial charge in [0.15, 0.2) is 0 Å². The minimum absolute atomic E-state index is 0.00907.